The average Bonchev–Trinajstić information content (AvgIpc) is 2.56. The molecule has 0 atom stereocenters. The first-order valence-corrected chi connectivity index (χ1v) is 9.01. The van der Waals surface area contributed by atoms with Crippen LogP contribution in [0.1, 0.15) is 15.9 Å². The van der Waals surface area contributed by atoms with Crippen LogP contribution in [0.25, 0.3) is 0 Å². The number of pyridine rings is 1. The fourth-order valence-corrected chi connectivity index (χ4v) is 2.98. The van der Waals surface area contributed by atoms with Gasteiger partial charge < -0.3 is 15.1 Å². The summed E-state index contributed by atoms with van der Waals surface area (Å²) in [6.45, 7) is 1.82. The Morgan fingerprint density at radius 3 is 2.50 bits per heavy atom. The summed E-state index contributed by atoms with van der Waals surface area (Å²) in [4.78, 5) is 32.1. The Bertz CT molecular complexity index is 842. The van der Waals surface area contributed by atoms with Gasteiger partial charge in [-0.1, -0.05) is 27.5 Å². The van der Waals surface area contributed by atoms with E-state index in [9.17, 15) is 9.59 Å². The number of rotatable bonds is 5. The molecule has 0 bridgehead atoms. The molecule has 0 aliphatic heterocycles. The molecule has 0 saturated carbocycles. The van der Waals surface area contributed by atoms with Crippen molar-refractivity contribution < 1.29 is 9.59 Å². The lowest BCUT2D eigenvalue weighted by Crippen LogP contribution is -2.35. The molecule has 0 radical (unpaired) electrons. The molecule has 1 aromatic heterocycles. The fourth-order valence-electron chi connectivity index (χ4n) is 2.30. The second-order valence-corrected chi connectivity index (χ2v) is 7.40. The number of hydrogen-bond acceptors (Lipinski definition) is 4. The number of benzene rings is 1. The third-order valence-electron chi connectivity index (χ3n) is 3.68. The van der Waals surface area contributed by atoms with Crippen LogP contribution >= 0.6 is 27.5 Å². The lowest BCUT2D eigenvalue weighted by atomic mass is 10.2. The molecule has 0 spiro atoms. The summed E-state index contributed by atoms with van der Waals surface area (Å²) in [7, 11) is 5.19. The highest BCUT2D eigenvalue weighted by molar-refractivity contribution is 9.10. The van der Waals surface area contributed by atoms with Crippen molar-refractivity contribution in [3.05, 3.63) is 51.1 Å². The molecule has 26 heavy (non-hydrogen) atoms. The SMILES string of the molecule is Cc1cc(Br)ccc1NC(=O)CN(C)C(=O)c1cc(Cl)nc(N(C)C)c1. The van der Waals surface area contributed by atoms with Gasteiger partial charge in [0.25, 0.3) is 5.91 Å². The summed E-state index contributed by atoms with van der Waals surface area (Å²) in [5, 5.41) is 3.04. The van der Waals surface area contributed by atoms with Crippen LogP contribution in [0.4, 0.5) is 11.5 Å². The number of halogens is 2. The molecular weight excluding hydrogens is 420 g/mol. The molecule has 8 heteroatoms. The van der Waals surface area contributed by atoms with Crippen molar-refractivity contribution in [2.75, 3.05) is 37.9 Å². The van der Waals surface area contributed by atoms with Crippen LogP contribution < -0.4 is 10.2 Å². The molecule has 1 N–H and O–H groups in total. The third kappa shape index (κ3) is 5.19. The predicted octanol–water partition coefficient (Wildman–Crippen LogP) is 3.58. The molecule has 1 aromatic carbocycles. The number of likely N-dealkylation sites (N-methyl/N-ethyl adjacent to an activating group) is 1. The second kappa shape index (κ2) is 8.51. The van der Waals surface area contributed by atoms with Crippen molar-refractivity contribution in [3.8, 4) is 0 Å². The van der Waals surface area contributed by atoms with Gasteiger partial charge >= 0.3 is 0 Å². The molecule has 0 aliphatic rings. The van der Waals surface area contributed by atoms with Crippen molar-refractivity contribution in [3.63, 3.8) is 0 Å². The Kier molecular flexibility index (Phi) is 6.61. The van der Waals surface area contributed by atoms with Crippen molar-refractivity contribution >= 4 is 50.9 Å². The Labute approximate surface area is 166 Å². The van der Waals surface area contributed by atoms with E-state index in [4.69, 9.17) is 11.6 Å². The molecule has 0 aliphatic carbocycles. The molecule has 6 nitrogen and oxygen atoms in total. The highest BCUT2D eigenvalue weighted by Gasteiger charge is 2.17. The Hall–Kier alpha value is -2.12. The van der Waals surface area contributed by atoms with Crippen molar-refractivity contribution in [2.24, 2.45) is 0 Å². The van der Waals surface area contributed by atoms with Gasteiger partial charge in [-0.3, -0.25) is 9.59 Å². The normalized spacial score (nSPS) is 10.4. The minimum Gasteiger partial charge on any atom is -0.363 e. The third-order valence-corrected chi connectivity index (χ3v) is 4.36. The molecule has 2 rings (SSSR count). The number of nitrogens with zero attached hydrogens (tertiary/aromatic N) is 3. The van der Waals surface area contributed by atoms with Crippen LogP contribution in [0.2, 0.25) is 5.15 Å². The van der Waals surface area contributed by atoms with E-state index >= 15 is 0 Å². The van der Waals surface area contributed by atoms with Crippen LogP contribution in [-0.4, -0.2) is 49.4 Å². The lowest BCUT2D eigenvalue weighted by Gasteiger charge is -2.19. The maximum Gasteiger partial charge on any atom is 0.254 e. The zero-order chi connectivity index (χ0) is 19.4. The Balaban J connectivity index is 2.08. The van der Waals surface area contributed by atoms with Gasteiger partial charge in [-0.05, 0) is 42.8 Å². The number of aryl methyl sites for hydroxylation is 1. The predicted molar refractivity (Wildman–Crippen MR) is 108 cm³/mol. The smallest absolute Gasteiger partial charge is 0.254 e. The first kappa shape index (κ1) is 20.2. The molecule has 138 valence electrons. The first-order chi connectivity index (χ1) is 12.2. The monoisotopic (exact) mass is 438 g/mol. The number of carbonyl (C=O) groups is 2. The largest absolute Gasteiger partial charge is 0.363 e. The second-order valence-electron chi connectivity index (χ2n) is 6.10. The quantitative estimate of drug-likeness (QED) is 0.723. The number of hydrogen-bond donors (Lipinski definition) is 1. The van der Waals surface area contributed by atoms with Gasteiger partial charge in [0.1, 0.15) is 11.0 Å². The minimum atomic E-state index is -0.305. The van der Waals surface area contributed by atoms with Crippen LogP contribution in [0.5, 0.6) is 0 Å². The maximum atomic E-state index is 12.6. The first-order valence-electron chi connectivity index (χ1n) is 7.83. The van der Waals surface area contributed by atoms with E-state index in [1.54, 1.807) is 18.0 Å². The van der Waals surface area contributed by atoms with Gasteiger partial charge in [-0.2, -0.15) is 0 Å². The summed E-state index contributed by atoms with van der Waals surface area (Å²) in [5.41, 5.74) is 2.02. The maximum absolute atomic E-state index is 12.6. The average molecular weight is 440 g/mol. The summed E-state index contributed by atoms with van der Waals surface area (Å²) in [6, 6.07) is 8.70. The molecule has 0 unspecified atom stereocenters. The molecule has 0 saturated heterocycles. The number of carbonyl (C=O) groups excluding carboxylic acids is 2. The highest BCUT2D eigenvalue weighted by Crippen LogP contribution is 2.20. The van der Waals surface area contributed by atoms with E-state index in [0.29, 0.717) is 17.1 Å². The topological polar surface area (TPSA) is 65.5 Å². The zero-order valence-electron chi connectivity index (χ0n) is 15.0. The van der Waals surface area contributed by atoms with Crippen LogP contribution in [0.15, 0.2) is 34.8 Å². The van der Waals surface area contributed by atoms with Crippen molar-refractivity contribution in [1.29, 1.82) is 0 Å². The van der Waals surface area contributed by atoms with Gasteiger partial charge in [-0.25, -0.2) is 4.98 Å². The van der Waals surface area contributed by atoms with Gasteiger partial charge in [0.15, 0.2) is 0 Å². The number of aromatic nitrogens is 1. The standard InChI is InChI=1S/C18H20BrClN4O2/c1-11-7-13(19)5-6-14(11)21-17(25)10-24(4)18(26)12-8-15(20)22-16(9-12)23(2)3/h5-9H,10H2,1-4H3,(H,21,25). The molecule has 1 heterocycles. The van der Waals surface area contributed by atoms with Gasteiger partial charge in [0, 0.05) is 36.9 Å². The van der Waals surface area contributed by atoms with Gasteiger partial charge in [0.2, 0.25) is 5.91 Å². The van der Waals surface area contributed by atoms with Crippen molar-refractivity contribution in [2.45, 2.75) is 6.92 Å². The van der Waals surface area contributed by atoms with E-state index < -0.39 is 0 Å². The molecule has 2 aromatic rings. The summed E-state index contributed by atoms with van der Waals surface area (Å²) >= 11 is 9.38. The Morgan fingerprint density at radius 2 is 1.88 bits per heavy atom. The molecule has 0 fully saturated rings. The number of anilines is 2. The zero-order valence-corrected chi connectivity index (χ0v) is 17.3. The molecule has 2 amide bonds. The highest BCUT2D eigenvalue weighted by atomic mass is 79.9. The Morgan fingerprint density at radius 1 is 1.19 bits per heavy atom. The van der Waals surface area contributed by atoms with Gasteiger partial charge in [0.05, 0.1) is 6.54 Å². The molecular formula is C18H20BrClN4O2. The van der Waals surface area contributed by atoms with E-state index in [2.05, 4.69) is 26.2 Å². The number of nitrogens with one attached hydrogen (secondary N) is 1. The van der Waals surface area contributed by atoms with E-state index in [-0.39, 0.29) is 23.5 Å². The van der Waals surface area contributed by atoms with Crippen LogP contribution in [0, 0.1) is 6.92 Å². The fraction of sp³-hybridized carbons (Fsp3) is 0.278. The summed E-state index contributed by atoms with van der Waals surface area (Å²) < 4.78 is 0.937. The van der Waals surface area contributed by atoms with E-state index in [1.165, 1.54) is 11.0 Å². The summed E-state index contributed by atoms with van der Waals surface area (Å²) in [6.07, 6.45) is 0. The van der Waals surface area contributed by atoms with E-state index in [1.807, 2.05) is 39.2 Å². The number of amides is 2. The summed E-state index contributed by atoms with van der Waals surface area (Å²) in [5.74, 6) is -0.0106. The van der Waals surface area contributed by atoms with Crippen LogP contribution in [0.3, 0.4) is 0 Å². The van der Waals surface area contributed by atoms with Crippen LogP contribution in [-0.2, 0) is 4.79 Å². The van der Waals surface area contributed by atoms with Gasteiger partial charge in [-0.15, -0.1) is 0 Å². The lowest BCUT2D eigenvalue weighted by molar-refractivity contribution is -0.116. The van der Waals surface area contributed by atoms with E-state index in [0.717, 1.165) is 10.0 Å². The van der Waals surface area contributed by atoms with Crippen molar-refractivity contribution in [1.82, 2.24) is 9.88 Å². The minimum absolute atomic E-state index is 0.0778.